The highest BCUT2D eigenvalue weighted by Crippen LogP contribution is 2.12. The van der Waals surface area contributed by atoms with E-state index in [9.17, 15) is 4.79 Å². The number of nitrogens with one attached hydrogen (secondary N) is 1. The van der Waals surface area contributed by atoms with Gasteiger partial charge in [-0.1, -0.05) is 36.1 Å². The first-order valence-corrected chi connectivity index (χ1v) is 6.01. The molecule has 0 aromatic heterocycles. The molecule has 0 fully saturated rings. The standard InChI is InChI=1S/C16H13NO3/c18-11-5-7-13-6-4-8-14(12-13)17-16(19)20-15-9-2-1-3-10-15/h1-4,6,8-10,12,18H,11H2,(H,17,19). The summed E-state index contributed by atoms with van der Waals surface area (Å²) in [5.74, 6) is 5.79. The largest absolute Gasteiger partial charge is 0.417 e. The highest BCUT2D eigenvalue weighted by Gasteiger charge is 2.04. The van der Waals surface area contributed by atoms with Gasteiger partial charge in [0.2, 0.25) is 0 Å². The number of hydrogen-bond acceptors (Lipinski definition) is 3. The maximum Gasteiger partial charge on any atom is 0.417 e. The molecule has 0 unspecified atom stereocenters. The van der Waals surface area contributed by atoms with Crippen LogP contribution >= 0.6 is 0 Å². The molecular weight excluding hydrogens is 254 g/mol. The van der Waals surface area contributed by atoms with Crippen LogP contribution in [0.1, 0.15) is 5.56 Å². The van der Waals surface area contributed by atoms with Crippen molar-refractivity contribution >= 4 is 11.8 Å². The monoisotopic (exact) mass is 267 g/mol. The normalized spacial score (nSPS) is 9.25. The van der Waals surface area contributed by atoms with Crippen LogP contribution in [0.4, 0.5) is 10.5 Å². The molecule has 4 nitrogen and oxygen atoms in total. The molecule has 2 rings (SSSR count). The van der Waals surface area contributed by atoms with Crippen molar-refractivity contribution in [2.45, 2.75) is 0 Å². The Morgan fingerprint density at radius 2 is 1.95 bits per heavy atom. The van der Waals surface area contributed by atoms with Gasteiger partial charge in [-0.2, -0.15) is 0 Å². The molecule has 0 spiro atoms. The van der Waals surface area contributed by atoms with E-state index in [1.807, 2.05) is 6.07 Å². The van der Waals surface area contributed by atoms with Gasteiger partial charge in [0.05, 0.1) is 0 Å². The number of rotatable bonds is 2. The van der Waals surface area contributed by atoms with Crippen molar-refractivity contribution in [2.24, 2.45) is 0 Å². The minimum absolute atomic E-state index is 0.201. The summed E-state index contributed by atoms with van der Waals surface area (Å²) < 4.78 is 5.11. The van der Waals surface area contributed by atoms with E-state index in [1.165, 1.54) is 0 Å². The van der Waals surface area contributed by atoms with Gasteiger partial charge in [0.1, 0.15) is 12.4 Å². The van der Waals surface area contributed by atoms with E-state index in [2.05, 4.69) is 17.2 Å². The lowest BCUT2D eigenvalue weighted by molar-refractivity contribution is 0.215. The molecule has 2 aromatic rings. The molecule has 100 valence electrons. The first kappa shape index (κ1) is 13.7. The molecule has 2 N–H and O–H groups in total. The molecule has 0 saturated heterocycles. The van der Waals surface area contributed by atoms with Crippen LogP contribution in [0, 0.1) is 11.8 Å². The molecule has 0 aliphatic heterocycles. The second kappa shape index (κ2) is 6.98. The lowest BCUT2D eigenvalue weighted by Crippen LogP contribution is -2.16. The number of para-hydroxylation sites is 1. The molecule has 2 aromatic carbocycles. The molecule has 1 amide bonds. The van der Waals surface area contributed by atoms with Crippen LogP contribution in [-0.2, 0) is 0 Å². The third-order valence-electron chi connectivity index (χ3n) is 2.37. The number of anilines is 1. The number of benzene rings is 2. The molecule has 0 heterocycles. The summed E-state index contributed by atoms with van der Waals surface area (Å²) in [5.41, 5.74) is 1.28. The van der Waals surface area contributed by atoms with Crippen LogP contribution in [0.25, 0.3) is 0 Å². The van der Waals surface area contributed by atoms with Crippen molar-refractivity contribution in [3.05, 3.63) is 60.2 Å². The van der Waals surface area contributed by atoms with Crippen molar-refractivity contribution in [3.8, 4) is 17.6 Å². The van der Waals surface area contributed by atoms with Crippen LogP contribution in [0.5, 0.6) is 5.75 Å². The van der Waals surface area contributed by atoms with Crippen LogP contribution in [0.15, 0.2) is 54.6 Å². The summed E-state index contributed by atoms with van der Waals surface area (Å²) in [4.78, 5) is 11.7. The lowest BCUT2D eigenvalue weighted by atomic mass is 10.2. The van der Waals surface area contributed by atoms with Gasteiger partial charge < -0.3 is 9.84 Å². The van der Waals surface area contributed by atoms with E-state index in [0.29, 0.717) is 17.0 Å². The van der Waals surface area contributed by atoms with E-state index < -0.39 is 6.09 Å². The topological polar surface area (TPSA) is 58.6 Å². The second-order valence-corrected chi connectivity index (χ2v) is 3.87. The summed E-state index contributed by atoms with van der Waals surface area (Å²) in [6.45, 7) is -0.201. The number of hydrogen-bond donors (Lipinski definition) is 2. The smallest absolute Gasteiger partial charge is 0.410 e. The number of aliphatic hydroxyl groups excluding tert-OH is 1. The number of carbonyl (C=O) groups is 1. The summed E-state index contributed by atoms with van der Waals surface area (Å²) in [6, 6.07) is 15.8. The Bertz CT molecular complexity index is 642. The van der Waals surface area contributed by atoms with Crippen molar-refractivity contribution in [1.29, 1.82) is 0 Å². The molecular formula is C16H13NO3. The fourth-order valence-electron chi connectivity index (χ4n) is 1.56. The van der Waals surface area contributed by atoms with E-state index >= 15 is 0 Å². The zero-order valence-corrected chi connectivity index (χ0v) is 10.7. The Morgan fingerprint density at radius 3 is 2.70 bits per heavy atom. The first-order valence-electron chi connectivity index (χ1n) is 6.01. The molecule has 0 aliphatic carbocycles. The minimum Gasteiger partial charge on any atom is -0.410 e. The summed E-state index contributed by atoms with van der Waals surface area (Å²) in [6.07, 6.45) is -0.566. The van der Waals surface area contributed by atoms with Crippen LogP contribution in [0.2, 0.25) is 0 Å². The molecule has 0 atom stereocenters. The number of carbonyl (C=O) groups excluding carboxylic acids is 1. The molecule has 0 radical (unpaired) electrons. The van der Waals surface area contributed by atoms with Gasteiger partial charge in [-0.3, -0.25) is 5.32 Å². The summed E-state index contributed by atoms with van der Waals surface area (Å²) in [7, 11) is 0. The third-order valence-corrected chi connectivity index (χ3v) is 2.37. The van der Waals surface area contributed by atoms with Crippen molar-refractivity contribution in [3.63, 3.8) is 0 Å². The van der Waals surface area contributed by atoms with Crippen LogP contribution in [0.3, 0.4) is 0 Å². The predicted octanol–water partition coefficient (Wildman–Crippen LogP) is 2.64. The van der Waals surface area contributed by atoms with E-state index in [-0.39, 0.29) is 6.61 Å². The molecule has 0 bridgehead atoms. The molecule has 0 saturated carbocycles. The Hall–Kier alpha value is -2.77. The van der Waals surface area contributed by atoms with Crippen molar-refractivity contribution in [2.75, 3.05) is 11.9 Å². The SMILES string of the molecule is O=C(Nc1cccc(C#CCO)c1)Oc1ccccc1. The number of aliphatic hydroxyl groups is 1. The molecule has 4 heteroatoms. The van der Waals surface area contributed by atoms with Gasteiger partial charge in [-0.15, -0.1) is 0 Å². The zero-order valence-electron chi connectivity index (χ0n) is 10.7. The maximum absolute atomic E-state index is 11.7. The Kier molecular flexibility index (Phi) is 4.76. The zero-order chi connectivity index (χ0) is 14.2. The van der Waals surface area contributed by atoms with Gasteiger partial charge >= 0.3 is 6.09 Å². The number of ether oxygens (including phenoxy) is 1. The Balaban J connectivity index is 2.01. The highest BCUT2D eigenvalue weighted by molar-refractivity contribution is 5.86. The van der Waals surface area contributed by atoms with Crippen LogP contribution < -0.4 is 10.1 Å². The van der Waals surface area contributed by atoms with Gasteiger partial charge in [0.15, 0.2) is 0 Å². The van der Waals surface area contributed by atoms with E-state index in [4.69, 9.17) is 9.84 Å². The number of amides is 1. The average molecular weight is 267 g/mol. The van der Waals surface area contributed by atoms with Crippen molar-refractivity contribution < 1.29 is 14.6 Å². The average Bonchev–Trinajstić information content (AvgIpc) is 2.46. The lowest BCUT2D eigenvalue weighted by Gasteiger charge is -2.06. The van der Waals surface area contributed by atoms with Gasteiger partial charge in [-0.05, 0) is 30.3 Å². The van der Waals surface area contributed by atoms with Crippen molar-refractivity contribution in [1.82, 2.24) is 0 Å². The maximum atomic E-state index is 11.7. The van der Waals surface area contributed by atoms with E-state index in [1.54, 1.807) is 48.5 Å². The minimum atomic E-state index is -0.566. The summed E-state index contributed by atoms with van der Waals surface area (Å²) in [5, 5.41) is 11.3. The second-order valence-electron chi connectivity index (χ2n) is 3.87. The van der Waals surface area contributed by atoms with Gasteiger partial charge in [0, 0.05) is 11.3 Å². The van der Waals surface area contributed by atoms with Crippen LogP contribution in [-0.4, -0.2) is 17.8 Å². The quantitative estimate of drug-likeness (QED) is 0.822. The molecule has 20 heavy (non-hydrogen) atoms. The molecule has 0 aliphatic rings. The fourth-order valence-corrected chi connectivity index (χ4v) is 1.56. The Morgan fingerprint density at radius 1 is 1.15 bits per heavy atom. The highest BCUT2D eigenvalue weighted by atomic mass is 16.6. The fraction of sp³-hybridized carbons (Fsp3) is 0.0625. The first-order chi connectivity index (χ1) is 9.78. The summed E-state index contributed by atoms with van der Waals surface area (Å²) >= 11 is 0. The van der Waals surface area contributed by atoms with Gasteiger partial charge in [0.25, 0.3) is 0 Å². The van der Waals surface area contributed by atoms with E-state index in [0.717, 1.165) is 0 Å². The predicted molar refractivity (Wildman–Crippen MR) is 76.5 cm³/mol. The third kappa shape index (κ3) is 4.16. The Labute approximate surface area is 117 Å². The van der Waals surface area contributed by atoms with Gasteiger partial charge in [-0.25, -0.2) is 4.79 Å².